The molecule has 1 aliphatic carbocycles. The summed E-state index contributed by atoms with van der Waals surface area (Å²) in [6.07, 6.45) is 1.89. The summed E-state index contributed by atoms with van der Waals surface area (Å²) in [7, 11) is 0. The van der Waals surface area contributed by atoms with Crippen LogP contribution in [0.4, 0.5) is 9.18 Å². The summed E-state index contributed by atoms with van der Waals surface area (Å²) in [5.41, 5.74) is -0.498. The molecule has 1 aromatic carbocycles. The van der Waals surface area contributed by atoms with Gasteiger partial charge in [-0.25, -0.2) is 9.18 Å². The number of nitrogens with zero attached hydrogens (tertiary/aromatic N) is 1. The van der Waals surface area contributed by atoms with Gasteiger partial charge in [0, 0.05) is 10.0 Å². The van der Waals surface area contributed by atoms with Crippen molar-refractivity contribution in [2.24, 2.45) is 5.92 Å². The second kappa shape index (κ2) is 4.55. The van der Waals surface area contributed by atoms with E-state index in [1.54, 1.807) is 19.1 Å². The Labute approximate surface area is 124 Å². The molecule has 3 amide bonds. The zero-order valence-electron chi connectivity index (χ0n) is 11.0. The van der Waals surface area contributed by atoms with E-state index >= 15 is 0 Å². The number of carbonyl (C=O) groups excluding carboxylic acids is 2. The number of hydrogen-bond acceptors (Lipinski definition) is 2. The molecule has 2 aliphatic rings. The predicted molar refractivity (Wildman–Crippen MR) is 74.3 cm³/mol. The van der Waals surface area contributed by atoms with Crippen LogP contribution in [0.25, 0.3) is 0 Å². The molecule has 0 spiro atoms. The van der Waals surface area contributed by atoms with Gasteiger partial charge in [0.1, 0.15) is 11.4 Å². The van der Waals surface area contributed by atoms with Crippen molar-refractivity contribution in [1.82, 2.24) is 10.2 Å². The number of nitrogens with one attached hydrogen (secondary N) is 1. The zero-order chi connectivity index (χ0) is 14.5. The van der Waals surface area contributed by atoms with Crippen molar-refractivity contribution in [3.8, 4) is 0 Å². The van der Waals surface area contributed by atoms with Gasteiger partial charge in [0.05, 0.1) is 6.54 Å². The van der Waals surface area contributed by atoms with Crippen LogP contribution in [0.5, 0.6) is 0 Å². The average Bonchev–Trinajstić information content (AvgIpc) is 3.20. The normalized spacial score (nSPS) is 26.1. The first kappa shape index (κ1) is 13.5. The fourth-order valence-electron chi connectivity index (χ4n) is 2.63. The van der Waals surface area contributed by atoms with Gasteiger partial charge in [-0.2, -0.15) is 0 Å². The summed E-state index contributed by atoms with van der Waals surface area (Å²) < 4.78 is 14.5. The van der Waals surface area contributed by atoms with Crippen LogP contribution >= 0.6 is 15.9 Å². The van der Waals surface area contributed by atoms with E-state index in [2.05, 4.69) is 21.2 Å². The highest BCUT2D eigenvalue weighted by atomic mass is 79.9. The van der Waals surface area contributed by atoms with E-state index in [9.17, 15) is 14.0 Å². The molecule has 2 fully saturated rings. The largest absolute Gasteiger partial charge is 0.325 e. The molecule has 0 bridgehead atoms. The maximum Gasteiger partial charge on any atom is 0.325 e. The Bertz CT molecular complexity index is 603. The van der Waals surface area contributed by atoms with Crippen molar-refractivity contribution < 1.29 is 14.0 Å². The third-order valence-electron chi connectivity index (χ3n) is 4.03. The van der Waals surface area contributed by atoms with E-state index in [0.29, 0.717) is 10.0 Å². The van der Waals surface area contributed by atoms with E-state index in [1.807, 2.05) is 0 Å². The molecular weight excluding hydrogens is 327 g/mol. The minimum atomic E-state index is -0.820. The molecule has 1 aromatic rings. The molecular formula is C14H14BrFN2O2. The van der Waals surface area contributed by atoms with Crippen molar-refractivity contribution in [2.45, 2.75) is 31.8 Å². The standard InChI is InChI=1S/C14H14BrFN2O2/c1-14(9-2-3-9)12(19)18(13(20)17-14)7-8-6-10(15)4-5-11(8)16/h4-6,9H,2-3,7H2,1H3,(H,17,20). The summed E-state index contributed by atoms with van der Waals surface area (Å²) >= 11 is 3.26. The first-order valence-electron chi connectivity index (χ1n) is 6.50. The molecule has 1 N–H and O–H groups in total. The van der Waals surface area contributed by atoms with Crippen molar-refractivity contribution >= 4 is 27.9 Å². The van der Waals surface area contributed by atoms with E-state index < -0.39 is 17.4 Å². The number of urea groups is 1. The average molecular weight is 341 g/mol. The molecule has 106 valence electrons. The number of amides is 3. The lowest BCUT2D eigenvalue weighted by atomic mass is 9.96. The third-order valence-corrected chi connectivity index (χ3v) is 4.52. The minimum Gasteiger partial charge on any atom is -0.323 e. The van der Waals surface area contributed by atoms with Gasteiger partial charge in [-0.3, -0.25) is 9.69 Å². The number of benzene rings is 1. The van der Waals surface area contributed by atoms with Crippen molar-refractivity contribution in [2.75, 3.05) is 0 Å². The zero-order valence-corrected chi connectivity index (χ0v) is 12.5. The maximum atomic E-state index is 13.8. The number of imide groups is 1. The summed E-state index contributed by atoms with van der Waals surface area (Å²) in [6, 6.07) is 4.04. The SMILES string of the molecule is CC1(C2CC2)NC(=O)N(Cc2cc(Br)ccc2F)C1=O. The fourth-order valence-corrected chi connectivity index (χ4v) is 3.04. The smallest absolute Gasteiger partial charge is 0.323 e. The van der Waals surface area contributed by atoms with Gasteiger partial charge in [-0.1, -0.05) is 15.9 Å². The highest BCUT2D eigenvalue weighted by Gasteiger charge is 2.55. The molecule has 1 heterocycles. The Morgan fingerprint density at radius 1 is 1.45 bits per heavy atom. The number of rotatable bonds is 3. The van der Waals surface area contributed by atoms with E-state index in [0.717, 1.165) is 17.7 Å². The molecule has 1 atom stereocenters. The van der Waals surface area contributed by atoms with Gasteiger partial charge < -0.3 is 5.32 Å². The van der Waals surface area contributed by atoms with Crippen LogP contribution in [0.2, 0.25) is 0 Å². The van der Waals surface area contributed by atoms with Crippen LogP contribution < -0.4 is 5.32 Å². The first-order valence-corrected chi connectivity index (χ1v) is 7.29. The quantitative estimate of drug-likeness (QED) is 0.860. The van der Waals surface area contributed by atoms with Crippen molar-refractivity contribution in [3.05, 3.63) is 34.1 Å². The summed E-state index contributed by atoms with van der Waals surface area (Å²) in [5.74, 6) is -0.477. The second-order valence-electron chi connectivity index (χ2n) is 5.53. The summed E-state index contributed by atoms with van der Waals surface area (Å²) in [4.78, 5) is 25.5. The van der Waals surface area contributed by atoms with Gasteiger partial charge in [0.2, 0.25) is 0 Å². The van der Waals surface area contributed by atoms with Crippen LogP contribution in [-0.4, -0.2) is 22.4 Å². The number of halogens is 2. The molecule has 0 aromatic heterocycles. The molecule has 3 rings (SSSR count). The molecule has 1 aliphatic heterocycles. The molecule has 6 heteroatoms. The highest BCUT2D eigenvalue weighted by molar-refractivity contribution is 9.10. The lowest BCUT2D eigenvalue weighted by Gasteiger charge is -2.21. The Morgan fingerprint density at radius 3 is 2.80 bits per heavy atom. The van der Waals surface area contributed by atoms with Gasteiger partial charge in [-0.15, -0.1) is 0 Å². The summed E-state index contributed by atoms with van der Waals surface area (Å²) in [6.45, 7) is 1.71. The fraction of sp³-hybridized carbons (Fsp3) is 0.429. The molecule has 4 nitrogen and oxygen atoms in total. The minimum absolute atomic E-state index is 0.0434. The van der Waals surface area contributed by atoms with Gasteiger partial charge in [0.25, 0.3) is 5.91 Å². The molecule has 0 radical (unpaired) electrons. The Kier molecular flexibility index (Phi) is 3.08. The molecule has 20 heavy (non-hydrogen) atoms. The Hall–Kier alpha value is -1.43. The lowest BCUT2D eigenvalue weighted by Crippen LogP contribution is -2.46. The second-order valence-corrected chi connectivity index (χ2v) is 6.45. The van der Waals surface area contributed by atoms with Crippen molar-refractivity contribution in [1.29, 1.82) is 0 Å². The van der Waals surface area contributed by atoms with Crippen LogP contribution in [0.15, 0.2) is 22.7 Å². The van der Waals surface area contributed by atoms with Crippen LogP contribution in [0.3, 0.4) is 0 Å². The van der Waals surface area contributed by atoms with Gasteiger partial charge in [0.15, 0.2) is 0 Å². The van der Waals surface area contributed by atoms with Crippen molar-refractivity contribution in [3.63, 3.8) is 0 Å². The van der Waals surface area contributed by atoms with E-state index in [4.69, 9.17) is 0 Å². The van der Waals surface area contributed by atoms with E-state index in [-0.39, 0.29) is 18.4 Å². The van der Waals surface area contributed by atoms with Crippen LogP contribution in [-0.2, 0) is 11.3 Å². The monoisotopic (exact) mass is 340 g/mol. The predicted octanol–water partition coefficient (Wildman–Crippen LogP) is 2.81. The van der Waals surface area contributed by atoms with Crippen LogP contribution in [0.1, 0.15) is 25.3 Å². The molecule has 1 unspecified atom stereocenters. The van der Waals surface area contributed by atoms with Gasteiger partial charge >= 0.3 is 6.03 Å². The first-order chi connectivity index (χ1) is 9.41. The third kappa shape index (κ3) is 2.12. The van der Waals surface area contributed by atoms with E-state index in [1.165, 1.54) is 6.07 Å². The Morgan fingerprint density at radius 2 is 2.15 bits per heavy atom. The summed E-state index contributed by atoms with van der Waals surface area (Å²) in [5, 5.41) is 2.75. The highest BCUT2D eigenvalue weighted by Crippen LogP contribution is 2.42. The molecule has 1 saturated heterocycles. The maximum absolute atomic E-state index is 13.8. The number of carbonyl (C=O) groups is 2. The van der Waals surface area contributed by atoms with Gasteiger partial charge in [-0.05, 0) is 43.9 Å². The van der Waals surface area contributed by atoms with Crippen LogP contribution in [0, 0.1) is 11.7 Å². The Balaban J connectivity index is 1.85. The molecule has 1 saturated carbocycles. The lowest BCUT2D eigenvalue weighted by molar-refractivity contribution is -0.131. The number of hydrogen-bond donors (Lipinski definition) is 1. The topological polar surface area (TPSA) is 49.4 Å².